The number of hydrogen-bond donors (Lipinski definition) is 1. The molecule has 0 saturated heterocycles. The first kappa shape index (κ1) is 23.5. The van der Waals surface area contributed by atoms with Crippen LogP contribution in [-0.2, 0) is 13.0 Å². The molecule has 5 rings (SSSR count). The van der Waals surface area contributed by atoms with E-state index in [1.165, 1.54) is 11.1 Å². The van der Waals surface area contributed by atoms with Crippen LogP contribution in [0.3, 0.4) is 0 Å². The molecule has 0 saturated carbocycles. The third kappa shape index (κ3) is 4.41. The summed E-state index contributed by atoms with van der Waals surface area (Å²) in [6.07, 6.45) is 4.97. The molecule has 8 heteroatoms. The average Bonchev–Trinajstić information content (AvgIpc) is 3.34. The molecule has 36 heavy (non-hydrogen) atoms. The molecule has 1 aliphatic heterocycles. The van der Waals surface area contributed by atoms with Crippen molar-refractivity contribution >= 4 is 17.1 Å². The van der Waals surface area contributed by atoms with Crippen molar-refractivity contribution in [3.8, 4) is 34.2 Å². The number of H-pyrrole nitrogens is 1. The monoisotopic (exact) mass is 480 g/mol. The number of aromatic nitrogens is 3. The van der Waals surface area contributed by atoms with E-state index >= 15 is 0 Å². The van der Waals surface area contributed by atoms with Crippen molar-refractivity contribution in [1.82, 2.24) is 24.8 Å². The van der Waals surface area contributed by atoms with E-state index in [4.69, 9.17) is 15.0 Å². The molecule has 2 aromatic carbocycles. The molecule has 0 spiro atoms. The number of amides is 1. The van der Waals surface area contributed by atoms with Gasteiger partial charge in [-0.05, 0) is 48.9 Å². The summed E-state index contributed by atoms with van der Waals surface area (Å²) in [5, 5.41) is 8.77. The van der Waals surface area contributed by atoms with Gasteiger partial charge >= 0.3 is 0 Å². The highest BCUT2D eigenvalue weighted by Gasteiger charge is 2.20. The molecule has 2 aromatic heterocycles. The van der Waals surface area contributed by atoms with Gasteiger partial charge in [0.15, 0.2) is 5.65 Å². The number of rotatable bonds is 6. The summed E-state index contributed by atoms with van der Waals surface area (Å²) in [6.45, 7) is 2.29. The molecule has 1 amide bonds. The van der Waals surface area contributed by atoms with Crippen molar-refractivity contribution in [3.63, 3.8) is 0 Å². The Hall–Kier alpha value is -4.22. The van der Waals surface area contributed by atoms with Gasteiger partial charge in [-0.15, -0.1) is 0 Å². The van der Waals surface area contributed by atoms with Gasteiger partial charge < -0.3 is 19.5 Å². The Bertz CT molecular complexity index is 1450. The Labute approximate surface area is 210 Å². The van der Waals surface area contributed by atoms with E-state index in [0.717, 1.165) is 53.2 Å². The maximum Gasteiger partial charge on any atom is 0.253 e. The van der Waals surface area contributed by atoms with Crippen molar-refractivity contribution in [2.24, 2.45) is 0 Å². The first-order valence-corrected chi connectivity index (χ1v) is 11.9. The van der Waals surface area contributed by atoms with E-state index < -0.39 is 0 Å². The number of carbonyl (C=O) groups excluding carboxylic acids is 1. The predicted molar refractivity (Wildman–Crippen MR) is 139 cm³/mol. The highest BCUT2D eigenvalue weighted by molar-refractivity contribution is 5.96. The van der Waals surface area contributed by atoms with Gasteiger partial charge in [0, 0.05) is 55.1 Å². The molecule has 0 unspecified atom stereocenters. The normalized spacial score (nSPS) is 13.3. The Morgan fingerprint density at radius 1 is 1.25 bits per heavy atom. The standard InChI is InChI=1S/C28H28N6O2/c1-33-12-9-20-13-21(14-25(36-3)23(20)17-33)24-16-31-27-26(32-24)22(15-30-27)18-5-7-19(8-6-18)28(35)34(2)11-4-10-29/h5-8,13-16H,4,9,11-12,17H2,1-3H3,(H,30,31). The quantitative estimate of drug-likeness (QED) is 0.443. The number of nitrogens with one attached hydrogen (secondary N) is 1. The van der Waals surface area contributed by atoms with Gasteiger partial charge in [-0.25, -0.2) is 9.97 Å². The fourth-order valence-electron chi connectivity index (χ4n) is 4.68. The van der Waals surface area contributed by atoms with Crippen LogP contribution in [0.4, 0.5) is 0 Å². The summed E-state index contributed by atoms with van der Waals surface area (Å²) in [4.78, 5) is 29.3. The summed E-state index contributed by atoms with van der Waals surface area (Å²) in [7, 11) is 5.54. The zero-order chi connectivity index (χ0) is 25.2. The maximum atomic E-state index is 12.6. The molecule has 0 fully saturated rings. The lowest BCUT2D eigenvalue weighted by Crippen LogP contribution is -2.27. The molecule has 182 valence electrons. The number of ether oxygens (including phenoxy) is 1. The molecule has 0 radical (unpaired) electrons. The first-order chi connectivity index (χ1) is 17.5. The first-order valence-electron chi connectivity index (χ1n) is 11.9. The van der Waals surface area contributed by atoms with E-state index in [-0.39, 0.29) is 5.91 Å². The topological polar surface area (TPSA) is 98.1 Å². The van der Waals surface area contributed by atoms with E-state index in [0.29, 0.717) is 24.2 Å². The van der Waals surface area contributed by atoms with Crippen LogP contribution in [-0.4, -0.2) is 65.0 Å². The third-order valence-corrected chi connectivity index (χ3v) is 6.74. The number of benzene rings is 2. The van der Waals surface area contributed by atoms with Crippen LogP contribution in [0, 0.1) is 11.3 Å². The molecule has 3 heterocycles. The predicted octanol–water partition coefficient (Wildman–Crippen LogP) is 4.27. The number of fused-ring (bicyclic) bond motifs is 2. The summed E-state index contributed by atoms with van der Waals surface area (Å²) in [6, 6.07) is 13.8. The summed E-state index contributed by atoms with van der Waals surface area (Å²) in [5.74, 6) is 0.774. The van der Waals surface area contributed by atoms with Crippen molar-refractivity contribution in [2.75, 3.05) is 34.3 Å². The van der Waals surface area contributed by atoms with Gasteiger partial charge in [-0.3, -0.25) is 4.79 Å². The van der Waals surface area contributed by atoms with Crippen molar-refractivity contribution in [2.45, 2.75) is 19.4 Å². The van der Waals surface area contributed by atoms with Crippen LogP contribution in [0.1, 0.15) is 27.9 Å². The van der Waals surface area contributed by atoms with Crippen LogP contribution in [0.15, 0.2) is 48.8 Å². The van der Waals surface area contributed by atoms with Gasteiger partial charge in [-0.1, -0.05) is 12.1 Å². The number of nitrogens with zero attached hydrogens (tertiary/aromatic N) is 5. The third-order valence-electron chi connectivity index (χ3n) is 6.74. The molecule has 0 bridgehead atoms. The lowest BCUT2D eigenvalue weighted by Gasteiger charge is -2.27. The van der Waals surface area contributed by atoms with Gasteiger partial charge in [-0.2, -0.15) is 5.26 Å². The van der Waals surface area contributed by atoms with Gasteiger partial charge in [0.25, 0.3) is 5.91 Å². The van der Waals surface area contributed by atoms with E-state index in [9.17, 15) is 4.79 Å². The average molecular weight is 481 g/mol. The number of hydrogen-bond acceptors (Lipinski definition) is 6. The molecular weight excluding hydrogens is 452 g/mol. The second kappa shape index (κ2) is 9.80. The van der Waals surface area contributed by atoms with E-state index in [1.807, 2.05) is 36.5 Å². The molecule has 4 aromatic rings. The Kier molecular flexibility index (Phi) is 6.40. The van der Waals surface area contributed by atoms with Crippen molar-refractivity contribution in [1.29, 1.82) is 5.26 Å². The highest BCUT2D eigenvalue weighted by atomic mass is 16.5. The lowest BCUT2D eigenvalue weighted by molar-refractivity contribution is 0.0798. The van der Waals surface area contributed by atoms with Crippen LogP contribution in [0.5, 0.6) is 5.75 Å². The highest BCUT2D eigenvalue weighted by Crippen LogP contribution is 2.34. The smallest absolute Gasteiger partial charge is 0.253 e. The Balaban J connectivity index is 1.48. The molecule has 0 atom stereocenters. The second-order valence-corrected chi connectivity index (χ2v) is 9.17. The van der Waals surface area contributed by atoms with Crippen LogP contribution in [0.2, 0.25) is 0 Å². The van der Waals surface area contributed by atoms with E-state index in [1.54, 1.807) is 25.3 Å². The Morgan fingerprint density at radius 2 is 2.06 bits per heavy atom. The summed E-state index contributed by atoms with van der Waals surface area (Å²) in [5.41, 5.74) is 8.21. The van der Waals surface area contributed by atoms with Gasteiger partial charge in [0.1, 0.15) is 11.3 Å². The molecule has 1 N–H and O–H groups in total. The zero-order valence-corrected chi connectivity index (χ0v) is 20.7. The fraction of sp³-hybridized carbons (Fsp3) is 0.286. The molecular formula is C28H28N6O2. The second-order valence-electron chi connectivity index (χ2n) is 9.17. The SMILES string of the molecule is COc1cc(-c2cnc3[nH]cc(-c4ccc(C(=O)N(C)CCC#N)cc4)c3n2)cc2c1CN(C)CC2. The largest absolute Gasteiger partial charge is 0.496 e. The Morgan fingerprint density at radius 3 is 2.81 bits per heavy atom. The van der Waals surface area contributed by atoms with Gasteiger partial charge in [0.2, 0.25) is 0 Å². The molecule has 0 aliphatic carbocycles. The number of methoxy groups -OCH3 is 1. The lowest BCUT2D eigenvalue weighted by atomic mass is 9.95. The molecule has 1 aliphatic rings. The fourth-order valence-corrected chi connectivity index (χ4v) is 4.68. The number of likely N-dealkylation sites (N-methyl/N-ethyl adjacent to an activating group) is 1. The van der Waals surface area contributed by atoms with Crippen LogP contribution >= 0.6 is 0 Å². The number of nitriles is 1. The van der Waals surface area contributed by atoms with Crippen molar-refractivity contribution < 1.29 is 9.53 Å². The number of aromatic amines is 1. The van der Waals surface area contributed by atoms with Crippen LogP contribution in [0.25, 0.3) is 33.5 Å². The van der Waals surface area contributed by atoms with Gasteiger partial charge in [0.05, 0.1) is 31.5 Å². The minimum atomic E-state index is -0.106. The molecule has 8 nitrogen and oxygen atoms in total. The zero-order valence-electron chi connectivity index (χ0n) is 20.7. The minimum absolute atomic E-state index is 0.106. The summed E-state index contributed by atoms with van der Waals surface area (Å²) >= 11 is 0. The summed E-state index contributed by atoms with van der Waals surface area (Å²) < 4.78 is 5.73. The number of carbonyl (C=O) groups is 1. The maximum absolute atomic E-state index is 12.6. The van der Waals surface area contributed by atoms with Crippen molar-refractivity contribution in [3.05, 3.63) is 65.5 Å². The van der Waals surface area contributed by atoms with Crippen LogP contribution < -0.4 is 4.74 Å². The minimum Gasteiger partial charge on any atom is -0.496 e. The van der Waals surface area contributed by atoms with E-state index in [2.05, 4.69) is 34.1 Å².